The average Bonchev–Trinajstić information content (AvgIpc) is 2.32. The molecule has 0 spiro atoms. The lowest BCUT2D eigenvalue weighted by Gasteiger charge is -1.99. The molecule has 1 aliphatic heterocycles. The predicted molar refractivity (Wildman–Crippen MR) is 51.4 cm³/mol. The smallest absolute Gasteiger partial charge is 0.247 e. The van der Waals surface area contributed by atoms with E-state index in [1.54, 1.807) is 0 Å². The van der Waals surface area contributed by atoms with Crippen LogP contribution in [-0.2, 0) is 4.79 Å². The Morgan fingerprint density at radius 3 is 2.92 bits per heavy atom. The molecule has 2 nitrogen and oxygen atoms in total. The van der Waals surface area contributed by atoms with Gasteiger partial charge in [0.15, 0.2) is 0 Å². The lowest BCUT2D eigenvalue weighted by molar-refractivity contribution is -0.115. The van der Waals surface area contributed by atoms with E-state index < -0.39 is 5.38 Å². The van der Waals surface area contributed by atoms with Crippen molar-refractivity contribution >= 4 is 39.1 Å². The van der Waals surface area contributed by atoms with Crippen molar-refractivity contribution in [3.8, 4) is 0 Å². The van der Waals surface area contributed by atoms with Crippen molar-refractivity contribution < 1.29 is 4.79 Å². The van der Waals surface area contributed by atoms with Gasteiger partial charge < -0.3 is 5.32 Å². The SMILES string of the molecule is O=C1Nc2c(Br)cccc2C1Cl. The summed E-state index contributed by atoms with van der Waals surface area (Å²) >= 11 is 9.16. The minimum Gasteiger partial charge on any atom is -0.323 e. The van der Waals surface area contributed by atoms with Crippen LogP contribution in [0.1, 0.15) is 10.9 Å². The van der Waals surface area contributed by atoms with Crippen LogP contribution in [0.5, 0.6) is 0 Å². The van der Waals surface area contributed by atoms with Gasteiger partial charge in [0.2, 0.25) is 5.91 Å². The van der Waals surface area contributed by atoms with Crippen molar-refractivity contribution in [2.45, 2.75) is 5.38 Å². The van der Waals surface area contributed by atoms with E-state index >= 15 is 0 Å². The summed E-state index contributed by atoms with van der Waals surface area (Å²) in [6.45, 7) is 0. The minimum absolute atomic E-state index is 0.154. The third-order valence-electron chi connectivity index (χ3n) is 1.80. The molecule has 1 atom stereocenters. The van der Waals surface area contributed by atoms with Gasteiger partial charge in [-0.2, -0.15) is 0 Å². The van der Waals surface area contributed by atoms with Crippen molar-refractivity contribution in [3.05, 3.63) is 28.2 Å². The van der Waals surface area contributed by atoms with E-state index in [1.165, 1.54) is 0 Å². The minimum atomic E-state index is -0.544. The Labute approximate surface area is 83.0 Å². The fourth-order valence-electron chi connectivity index (χ4n) is 1.21. The number of benzene rings is 1. The van der Waals surface area contributed by atoms with Gasteiger partial charge in [-0.1, -0.05) is 12.1 Å². The number of fused-ring (bicyclic) bond motifs is 1. The van der Waals surface area contributed by atoms with Gasteiger partial charge >= 0.3 is 0 Å². The third kappa shape index (κ3) is 1.04. The summed E-state index contributed by atoms with van der Waals surface area (Å²) in [6, 6.07) is 5.57. The van der Waals surface area contributed by atoms with Gasteiger partial charge in [-0.05, 0) is 22.0 Å². The van der Waals surface area contributed by atoms with Crippen molar-refractivity contribution in [3.63, 3.8) is 0 Å². The Morgan fingerprint density at radius 1 is 1.50 bits per heavy atom. The molecule has 0 saturated carbocycles. The van der Waals surface area contributed by atoms with Crippen LogP contribution in [0, 0.1) is 0 Å². The zero-order valence-corrected chi connectivity index (χ0v) is 8.32. The van der Waals surface area contributed by atoms with Crippen molar-refractivity contribution in [2.24, 2.45) is 0 Å². The van der Waals surface area contributed by atoms with Gasteiger partial charge in [-0.25, -0.2) is 0 Å². The number of amides is 1. The predicted octanol–water partition coefficient (Wildman–Crippen LogP) is 2.68. The van der Waals surface area contributed by atoms with Crippen LogP contribution in [0.3, 0.4) is 0 Å². The van der Waals surface area contributed by atoms with Crippen molar-refractivity contribution in [2.75, 3.05) is 5.32 Å². The first-order valence-corrected chi connectivity index (χ1v) is 4.66. The summed E-state index contributed by atoms with van der Waals surface area (Å²) in [4.78, 5) is 11.1. The molecule has 0 radical (unpaired) electrons. The number of carbonyl (C=O) groups excluding carboxylic acids is 1. The first-order chi connectivity index (χ1) is 5.70. The van der Waals surface area contributed by atoms with Gasteiger partial charge in [-0.15, -0.1) is 11.6 Å². The lowest BCUT2D eigenvalue weighted by atomic mass is 10.2. The number of carbonyl (C=O) groups is 1. The zero-order valence-electron chi connectivity index (χ0n) is 5.97. The molecular formula is C8H5BrClNO. The third-order valence-corrected chi connectivity index (χ3v) is 2.89. The highest BCUT2D eigenvalue weighted by atomic mass is 79.9. The number of nitrogens with one attached hydrogen (secondary N) is 1. The number of para-hydroxylation sites is 1. The van der Waals surface area contributed by atoms with E-state index in [2.05, 4.69) is 21.2 Å². The van der Waals surface area contributed by atoms with Gasteiger partial charge in [-0.3, -0.25) is 4.79 Å². The summed E-state index contributed by atoms with van der Waals surface area (Å²) in [5.74, 6) is -0.154. The Kier molecular flexibility index (Phi) is 1.85. The molecule has 1 unspecified atom stereocenters. The Bertz CT molecular complexity index is 353. The van der Waals surface area contributed by atoms with E-state index in [4.69, 9.17) is 11.6 Å². The number of rotatable bonds is 0. The normalized spacial score (nSPS) is 20.5. The van der Waals surface area contributed by atoms with Crippen LogP contribution in [0.4, 0.5) is 5.69 Å². The number of anilines is 1. The molecule has 1 aromatic rings. The fraction of sp³-hybridized carbons (Fsp3) is 0.125. The molecule has 62 valence electrons. The number of alkyl halides is 1. The molecule has 4 heteroatoms. The Morgan fingerprint density at radius 2 is 2.25 bits per heavy atom. The molecule has 1 aromatic carbocycles. The molecular weight excluding hydrogens is 241 g/mol. The molecule has 1 N–H and O–H groups in total. The van der Waals surface area contributed by atoms with Crippen LogP contribution < -0.4 is 5.32 Å². The number of halogens is 2. The zero-order chi connectivity index (χ0) is 8.72. The Balaban J connectivity index is 2.60. The van der Waals surface area contributed by atoms with Gasteiger partial charge in [0.05, 0.1) is 5.69 Å². The molecule has 0 aromatic heterocycles. The largest absolute Gasteiger partial charge is 0.323 e. The molecule has 0 saturated heterocycles. The summed E-state index contributed by atoms with van der Waals surface area (Å²) in [7, 11) is 0. The summed E-state index contributed by atoms with van der Waals surface area (Å²) < 4.78 is 0.872. The van der Waals surface area contributed by atoms with E-state index in [0.717, 1.165) is 15.7 Å². The summed E-state index contributed by atoms with van der Waals surface area (Å²) in [5, 5.41) is 2.15. The molecule has 0 fully saturated rings. The highest BCUT2D eigenvalue weighted by Gasteiger charge is 2.29. The average molecular weight is 246 g/mol. The van der Waals surface area contributed by atoms with E-state index in [1.807, 2.05) is 18.2 Å². The molecule has 1 amide bonds. The summed E-state index contributed by atoms with van der Waals surface area (Å²) in [6.07, 6.45) is 0. The van der Waals surface area contributed by atoms with Crippen LogP contribution >= 0.6 is 27.5 Å². The molecule has 0 bridgehead atoms. The number of hydrogen-bond acceptors (Lipinski definition) is 1. The topological polar surface area (TPSA) is 29.1 Å². The molecule has 2 rings (SSSR count). The van der Waals surface area contributed by atoms with Gasteiger partial charge in [0.1, 0.15) is 5.38 Å². The van der Waals surface area contributed by atoms with Crippen LogP contribution in [-0.4, -0.2) is 5.91 Å². The maximum Gasteiger partial charge on any atom is 0.247 e. The van der Waals surface area contributed by atoms with E-state index in [0.29, 0.717) is 0 Å². The second-order valence-electron chi connectivity index (χ2n) is 2.56. The van der Waals surface area contributed by atoms with Crippen molar-refractivity contribution in [1.29, 1.82) is 0 Å². The molecule has 1 aliphatic rings. The van der Waals surface area contributed by atoms with Crippen LogP contribution in [0.2, 0.25) is 0 Å². The monoisotopic (exact) mass is 245 g/mol. The molecule has 1 heterocycles. The Hall–Kier alpha value is -0.540. The maximum absolute atomic E-state index is 11.1. The van der Waals surface area contributed by atoms with Crippen LogP contribution in [0.15, 0.2) is 22.7 Å². The van der Waals surface area contributed by atoms with Gasteiger partial charge in [0.25, 0.3) is 0 Å². The van der Waals surface area contributed by atoms with Gasteiger partial charge in [0, 0.05) is 10.0 Å². The molecule has 12 heavy (non-hydrogen) atoms. The van der Waals surface area contributed by atoms with E-state index in [-0.39, 0.29) is 5.91 Å². The highest BCUT2D eigenvalue weighted by Crippen LogP contribution is 2.39. The maximum atomic E-state index is 11.1. The fourth-order valence-corrected chi connectivity index (χ4v) is 1.93. The second-order valence-corrected chi connectivity index (χ2v) is 3.85. The number of hydrogen-bond donors (Lipinski definition) is 1. The lowest BCUT2D eigenvalue weighted by Crippen LogP contribution is -2.06. The standard InChI is InChI=1S/C8H5BrClNO/c9-5-3-1-2-4-6(10)8(12)11-7(4)5/h1-3,6H,(H,11,12). The highest BCUT2D eigenvalue weighted by molar-refractivity contribution is 9.10. The summed E-state index contributed by atoms with van der Waals surface area (Å²) in [5.41, 5.74) is 1.64. The van der Waals surface area contributed by atoms with Crippen LogP contribution in [0.25, 0.3) is 0 Å². The molecule has 0 aliphatic carbocycles. The van der Waals surface area contributed by atoms with E-state index in [9.17, 15) is 4.79 Å². The van der Waals surface area contributed by atoms with Crippen molar-refractivity contribution in [1.82, 2.24) is 0 Å². The second kappa shape index (κ2) is 2.75. The first-order valence-electron chi connectivity index (χ1n) is 3.43. The first kappa shape index (κ1) is 8.08. The quantitative estimate of drug-likeness (QED) is 0.701.